The van der Waals surface area contributed by atoms with Gasteiger partial charge >= 0.3 is 6.36 Å². The van der Waals surface area contributed by atoms with Crippen LogP contribution < -0.4 is 10.1 Å². The molecule has 31 heavy (non-hydrogen) atoms. The molecular weight excluding hydrogens is 403 g/mol. The average molecular weight is 436 g/mol. The van der Waals surface area contributed by atoms with E-state index in [9.17, 15) is 18.3 Å². The Morgan fingerprint density at radius 3 is 2.16 bits per heavy atom. The number of aromatic hydroxyl groups is 1. The van der Waals surface area contributed by atoms with Crippen molar-refractivity contribution in [3.8, 4) is 22.6 Å². The van der Waals surface area contributed by atoms with Gasteiger partial charge < -0.3 is 15.2 Å². The molecule has 1 aliphatic carbocycles. The molecule has 6 heteroatoms. The molecule has 0 amide bonds. The third kappa shape index (κ3) is 6.16. The van der Waals surface area contributed by atoms with Crippen molar-refractivity contribution in [2.45, 2.75) is 83.7 Å². The second-order valence-corrected chi connectivity index (χ2v) is 9.83. The molecule has 0 atom stereocenters. The van der Waals surface area contributed by atoms with Crippen LogP contribution in [0.4, 0.5) is 13.2 Å². The summed E-state index contributed by atoms with van der Waals surface area (Å²) in [5.41, 5.74) is 3.01. The first kappa shape index (κ1) is 23.5. The third-order valence-corrected chi connectivity index (χ3v) is 6.12. The van der Waals surface area contributed by atoms with Crippen LogP contribution in [0.1, 0.15) is 70.9 Å². The number of hydrogen-bond donors (Lipinski definition) is 2. The molecule has 1 aliphatic rings. The van der Waals surface area contributed by atoms with E-state index in [2.05, 4.69) is 37.7 Å². The second kappa shape index (κ2) is 8.73. The Labute approximate surface area is 182 Å². The highest BCUT2D eigenvalue weighted by Crippen LogP contribution is 2.39. The van der Waals surface area contributed by atoms with Crippen LogP contribution in [0.5, 0.6) is 11.5 Å². The molecule has 2 aromatic rings. The van der Waals surface area contributed by atoms with Crippen molar-refractivity contribution < 1.29 is 23.0 Å². The molecule has 1 fully saturated rings. The SMILES string of the molecule is CC1(NCc2cc(C(C)(C)C)cc(-c3ccc(OC(F)(F)F)cc3)c2O)CCCCC1. The van der Waals surface area contributed by atoms with Crippen LogP contribution in [0.3, 0.4) is 0 Å². The van der Waals surface area contributed by atoms with E-state index in [0.717, 1.165) is 24.0 Å². The van der Waals surface area contributed by atoms with E-state index in [0.29, 0.717) is 17.7 Å². The van der Waals surface area contributed by atoms with Gasteiger partial charge in [0.05, 0.1) is 0 Å². The van der Waals surface area contributed by atoms with Crippen molar-refractivity contribution in [3.05, 3.63) is 47.5 Å². The highest BCUT2D eigenvalue weighted by Gasteiger charge is 2.31. The minimum absolute atomic E-state index is 0.0547. The number of hydrogen-bond acceptors (Lipinski definition) is 3. The molecule has 0 unspecified atom stereocenters. The zero-order valence-corrected chi connectivity index (χ0v) is 18.7. The van der Waals surface area contributed by atoms with Crippen molar-refractivity contribution in [1.82, 2.24) is 5.32 Å². The van der Waals surface area contributed by atoms with Crippen LogP contribution in [0.2, 0.25) is 0 Å². The first-order valence-corrected chi connectivity index (χ1v) is 10.8. The minimum Gasteiger partial charge on any atom is -0.507 e. The van der Waals surface area contributed by atoms with Crippen molar-refractivity contribution in [2.75, 3.05) is 0 Å². The normalized spacial score (nSPS) is 16.9. The second-order valence-electron chi connectivity index (χ2n) is 9.83. The van der Waals surface area contributed by atoms with Gasteiger partial charge in [0.1, 0.15) is 11.5 Å². The van der Waals surface area contributed by atoms with Gasteiger partial charge in [0.25, 0.3) is 0 Å². The molecule has 0 heterocycles. The predicted molar refractivity (Wildman–Crippen MR) is 117 cm³/mol. The van der Waals surface area contributed by atoms with Gasteiger partial charge in [-0.25, -0.2) is 0 Å². The van der Waals surface area contributed by atoms with E-state index >= 15 is 0 Å². The number of phenolic OH excluding ortho intramolecular Hbond substituents is 1. The minimum atomic E-state index is -4.73. The van der Waals surface area contributed by atoms with E-state index in [1.807, 2.05) is 12.1 Å². The number of phenols is 1. The van der Waals surface area contributed by atoms with Gasteiger partial charge in [-0.3, -0.25) is 0 Å². The highest BCUT2D eigenvalue weighted by atomic mass is 19.4. The molecular formula is C25H32F3NO2. The Morgan fingerprint density at radius 1 is 1.00 bits per heavy atom. The van der Waals surface area contributed by atoms with Crippen LogP contribution in [0.25, 0.3) is 11.1 Å². The van der Waals surface area contributed by atoms with Crippen LogP contribution in [0.15, 0.2) is 36.4 Å². The molecule has 0 saturated heterocycles. The fourth-order valence-corrected chi connectivity index (χ4v) is 4.14. The van der Waals surface area contributed by atoms with E-state index in [1.54, 1.807) is 12.1 Å². The monoisotopic (exact) mass is 435 g/mol. The molecule has 0 aliphatic heterocycles. The van der Waals surface area contributed by atoms with Crippen molar-refractivity contribution >= 4 is 0 Å². The van der Waals surface area contributed by atoms with E-state index in [-0.39, 0.29) is 22.5 Å². The largest absolute Gasteiger partial charge is 0.573 e. The van der Waals surface area contributed by atoms with Gasteiger partial charge in [0, 0.05) is 23.2 Å². The van der Waals surface area contributed by atoms with E-state index < -0.39 is 6.36 Å². The first-order chi connectivity index (χ1) is 14.4. The lowest BCUT2D eigenvalue weighted by Crippen LogP contribution is -2.43. The van der Waals surface area contributed by atoms with Gasteiger partial charge in [-0.15, -0.1) is 13.2 Å². The van der Waals surface area contributed by atoms with Crippen LogP contribution in [0, 0.1) is 0 Å². The lowest BCUT2D eigenvalue weighted by atomic mass is 9.82. The van der Waals surface area contributed by atoms with Crippen molar-refractivity contribution in [3.63, 3.8) is 0 Å². The number of alkyl halides is 3. The van der Waals surface area contributed by atoms with Gasteiger partial charge in [-0.05, 0) is 54.5 Å². The number of benzene rings is 2. The molecule has 3 rings (SSSR count). The van der Waals surface area contributed by atoms with Crippen molar-refractivity contribution in [1.29, 1.82) is 0 Å². The van der Waals surface area contributed by atoms with Gasteiger partial charge in [-0.1, -0.05) is 58.2 Å². The summed E-state index contributed by atoms with van der Waals surface area (Å²) in [5.74, 6) is -0.126. The summed E-state index contributed by atoms with van der Waals surface area (Å²) in [7, 11) is 0. The quantitative estimate of drug-likeness (QED) is 0.528. The molecule has 0 radical (unpaired) electrons. The molecule has 2 aromatic carbocycles. The molecule has 0 aromatic heterocycles. The standard InChI is InChI=1S/C25H32F3NO2/c1-23(2,3)19-14-18(16-29-24(4)12-6-5-7-13-24)22(30)21(15-19)17-8-10-20(11-9-17)31-25(26,27)28/h8-11,14-15,29-30H,5-7,12-13,16H2,1-4H3. The van der Waals surface area contributed by atoms with Gasteiger partial charge in [0.15, 0.2) is 0 Å². The summed E-state index contributed by atoms with van der Waals surface area (Å²) in [4.78, 5) is 0. The smallest absolute Gasteiger partial charge is 0.507 e. The Hall–Kier alpha value is -2.21. The highest BCUT2D eigenvalue weighted by molar-refractivity contribution is 5.73. The number of ether oxygens (including phenoxy) is 1. The van der Waals surface area contributed by atoms with Crippen LogP contribution >= 0.6 is 0 Å². The molecule has 1 saturated carbocycles. The molecule has 2 N–H and O–H groups in total. The Morgan fingerprint density at radius 2 is 1.61 bits per heavy atom. The van der Waals surface area contributed by atoms with Crippen molar-refractivity contribution in [2.24, 2.45) is 0 Å². The lowest BCUT2D eigenvalue weighted by Gasteiger charge is -2.35. The Balaban J connectivity index is 1.93. The zero-order chi connectivity index (χ0) is 22.9. The van der Waals surface area contributed by atoms with E-state index in [1.165, 1.54) is 31.4 Å². The summed E-state index contributed by atoms with van der Waals surface area (Å²) >= 11 is 0. The average Bonchev–Trinajstić information content (AvgIpc) is 2.66. The number of halogens is 3. The third-order valence-electron chi connectivity index (χ3n) is 6.12. The molecule has 0 spiro atoms. The van der Waals surface area contributed by atoms with Gasteiger partial charge in [0.2, 0.25) is 0 Å². The molecule has 170 valence electrons. The summed E-state index contributed by atoms with van der Waals surface area (Å²) in [6, 6.07) is 9.57. The number of rotatable bonds is 5. The summed E-state index contributed by atoms with van der Waals surface area (Å²) in [6.07, 6.45) is 1.16. The maximum atomic E-state index is 12.5. The number of nitrogens with one attached hydrogen (secondary N) is 1. The van der Waals surface area contributed by atoms with Gasteiger partial charge in [-0.2, -0.15) is 0 Å². The van der Waals surface area contributed by atoms with Crippen LogP contribution in [-0.2, 0) is 12.0 Å². The summed E-state index contributed by atoms with van der Waals surface area (Å²) in [5, 5.41) is 14.7. The zero-order valence-electron chi connectivity index (χ0n) is 18.7. The summed E-state index contributed by atoms with van der Waals surface area (Å²) < 4.78 is 41.4. The fraction of sp³-hybridized carbons (Fsp3) is 0.520. The summed E-state index contributed by atoms with van der Waals surface area (Å²) in [6.45, 7) is 9.07. The Kier molecular flexibility index (Phi) is 6.61. The first-order valence-electron chi connectivity index (χ1n) is 10.8. The Bertz CT molecular complexity index is 893. The maximum Gasteiger partial charge on any atom is 0.573 e. The maximum absolute atomic E-state index is 12.5. The predicted octanol–water partition coefficient (Wildman–Crippen LogP) is 7.07. The fourth-order valence-electron chi connectivity index (χ4n) is 4.14. The van der Waals surface area contributed by atoms with E-state index in [4.69, 9.17) is 0 Å². The van der Waals surface area contributed by atoms with Crippen LogP contribution in [-0.4, -0.2) is 17.0 Å². The lowest BCUT2D eigenvalue weighted by molar-refractivity contribution is -0.274. The topological polar surface area (TPSA) is 41.5 Å². The molecule has 3 nitrogen and oxygen atoms in total. The molecule has 0 bridgehead atoms.